The monoisotopic (exact) mass is 404 g/mol. The number of carbonyl (C=O) groups excluding carboxylic acids is 1. The first kappa shape index (κ1) is 19.0. The Morgan fingerprint density at radius 2 is 2.04 bits per heavy atom. The van der Waals surface area contributed by atoms with E-state index >= 15 is 0 Å². The summed E-state index contributed by atoms with van der Waals surface area (Å²) in [6, 6.07) is 5.78. The third-order valence-electron chi connectivity index (χ3n) is 3.74. The highest BCUT2D eigenvalue weighted by molar-refractivity contribution is 7.89. The van der Waals surface area contributed by atoms with E-state index in [9.17, 15) is 13.2 Å². The van der Waals surface area contributed by atoms with Crippen molar-refractivity contribution in [3.63, 3.8) is 0 Å². The average molecular weight is 404 g/mol. The smallest absolute Gasteiger partial charge is 0.252 e. The number of hydrogen-bond donors (Lipinski definition) is 2. The zero-order valence-corrected chi connectivity index (χ0v) is 15.9. The summed E-state index contributed by atoms with van der Waals surface area (Å²) in [5.41, 5.74) is 7.23. The number of thiophene rings is 1. The van der Waals surface area contributed by atoms with Gasteiger partial charge < -0.3 is 10.5 Å². The molecule has 0 saturated carbocycles. The van der Waals surface area contributed by atoms with Crippen molar-refractivity contribution in [2.24, 2.45) is 5.73 Å². The summed E-state index contributed by atoms with van der Waals surface area (Å²) < 4.78 is 32.8. The SMILES string of the molecule is COc1ccc(S(=O)(=O)NCc2nccnc2-c2ccsc2)cc1C(N)=O. The van der Waals surface area contributed by atoms with Crippen molar-refractivity contribution in [1.29, 1.82) is 0 Å². The Labute approximate surface area is 160 Å². The molecule has 1 amide bonds. The fourth-order valence-corrected chi connectivity index (χ4v) is 4.08. The van der Waals surface area contributed by atoms with Gasteiger partial charge in [0.15, 0.2) is 0 Å². The minimum absolute atomic E-state index is 0.0150. The molecule has 0 saturated heterocycles. The molecule has 1 aromatic carbocycles. The number of hydrogen-bond acceptors (Lipinski definition) is 7. The molecule has 27 heavy (non-hydrogen) atoms. The van der Waals surface area contributed by atoms with Gasteiger partial charge in [0.05, 0.1) is 35.5 Å². The van der Waals surface area contributed by atoms with Crippen molar-refractivity contribution in [3.8, 4) is 17.0 Å². The van der Waals surface area contributed by atoms with Gasteiger partial charge in [-0.25, -0.2) is 13.1 Å². The number of ether oxygens (including phenoxy) is 1. The lowest BCUT2D eigenvalue weighted by atomic mass is 10.2. The highest BCUT2D eigenvalue weighted by atomic mass is 32.2. The van der Waals surface area contributed by atoms with Crippen LogP contribution in [0.25, 0.3) is 11.3 Å². The van der Waals surface area contributed by atoms with Crippen LogP contribution in [0.15, 0.2) is 52.3 Å². The fourth-order valence-electron chi connectivity index (χ4n) is 2.43. The lowest BCUT2D eigenvalue weighted by Crippen LogP contribution is -2.25. The molecular weight excluding hydrogens is 388 g/mol. The molecule has 10 heteroatoms. The number of methoxy groups -OCH3 is 1. The molecule has 0 aliphatic carbocycles. The van der Waals surface area contributed by atoms with Gasteiger partial charge in [-0.05, 0) is 29.6 Å². The van der Waals surface area contributed by atoms with Crippen molar-refractivity contribution in [3.05, 3.63) is 58.7 Å². The molecule has 8 nitrogen and oxygen atoms in total. The van der Waals surface area contributed by atoms with Gasteiger partial charge in [-0.2, -0.15) is 11.3 Å². The van der Waals surface area contributed by atoms with E-state index in [1.807, 2.05) is 16.8 Å². The van der Waals surface area contributed by atoms with E-state index in [-0.39, 0.29) is 22.8 Å². The van der Waals surface area contributed by atoms with Gasteiger partial charge in [0.2, 0.25) is 10.0 Å². The minimum Gasteiger partial charge on any atom is -0.496 e. The van der Waals surface area contributed by atoms with Gasteiger partial charge in [-0.1, -0.05) is 0 Å². The molecule has 0 radical (unpaired) electrons. The second-order valence-corrected chi connectivity index (χ2v) is 7.96. The number of amides is 1. The van der Waals surface area contributed by atoms with E-state index in [0.717, 1.165) is 5.56 Å². The van der Waals surface area contributed by atoms with Crippen LogP contribution in [0.4, 0.5) is 0 Å². The molecule has 0 atom stereocenters. The Balaban J connectivity index is 1.87. The van der Waals surface area contributed by atoms with Crippen molar-refractivity contribution >= 4 is 27.3 Å². The fraction of sp³-hybridized carbons (Fsp3) is 0.118. The topological polar surface area (TPSA) is 124 Å². The van der Waals surface area contributed by atoms with E-state index in [0.29, 0.717) is 11.4 Å². The number of nitrogens with zero attached hydrogens (tertiary/aromatic N) is 2. The first-order chi connectivity index (χ1) is 12.9. The van der Waals surface area contributed by atoms with Crippen LogP contribution in [-0.4, -0.2) is 31.4 Å². The quantitative estimate of drug-likeness (QED) is 0.619. The maximum absolute atomic E-state index is 12.6. The number of benzene rings is 1. The third-order valence-corrected chi connectivity index (χ3v) is 5.83. The van der Waals surface area contributed by atoms with Crippen molar-refractivity contribution in [2.45, 2.75) is 11.4 Å². The van der Waals surface area contributed by atoms with Gasteiger partial charge in [0.1, 0.15) is 5.75 Å². The van der Waals surface area contributed by atoms with Crippen molar-refractivity contribution < 1.29 is 17.9 Å². The molecule has 3 aromatic rings. The molecule has 2 heterocycles. The van der Waals surface area contributed by atoms with Crippen LogP contribution in [0, 0.1) is 0 Å². The molecule has 0 fully saturated rings. The standard InChI is InChI=1S/C17H16N4O4S2/c1-25-15-3-2-12(8-13(15)17(18)22)27(23,24)21-9-14-16(20-6-5-19-14)11-4-7-26-10-11/h2-8,10,21H,9H2,1H3,(H2,18,22). The Hall–Kier alpha value is -2.82. The van der Waals surface area contributed by atoms with Crippen LogP contribution >= 0.6 is 11.3 Å². The molecule has 0 aliphatic rings. The van der Waals surface area contributed by atoms with Crippen LogP contribution in [0.3, 0.4) is 0 Å². The van der Waals surface area contributed by atoms with Gasteiger partial charge in [-0.15, -0.1) is 0 Å². The zero-order valence-electron chi connectivity index (χ0n) is 14.2. The summed E-state index contributed by atoms with van der Waals surface area (Å²) in [5.74, 6) is -0.576. The number of sulfonamides is 1. The zero-order chi connectivity index (χ0) is 19.4. The third kappa shape index (κ3) is 4.13. The summed E-state index contributed by atoms with van der Waals surface area (Å²) in [6.45, 7) is -0.0563. The number of aromatic nitrogens is 2. The highest BCUT2D eigenvalue weighted by Gasteiger charge is 2.19. The van der Waals surface area contributed by atoms with Crippen LogP contribution < -0.4 is 15.2 Å². The first-order valence-corrected chi connectivity index (χ1v) is 10.1. The van der Waals surface area contributed by atoms with Crippen molar-refractivity contribution in [1.82, 2.24) is 14.7 Å². The molecule has 0 bridgehead atoms. The average Bonchev–Trinajstić information content (AvgIpc) is 3.20. The Morgan fingerprint density at radius 3 is 2.70 bits per heavy atom. The van der Waals surface area contributed by atoms with E-state index < -0.39 is 15.9 Å². The van der Waals surface area contributed by atoms with Crippen molar-refractivity contribution in [2.75, 3.05) is 7.11 Å². The summed E-state index contributed by atoms with van der Waals surface area (Å²) in [5, 5.41) is 3.81. The van der Waals surface area contributed by atoms with Gasteiger partial charge in [0, 0.05) is 23.3 Å². The van der Waals surface area contributed by atoms with Crippen LogP contribution in [0.5, 0.6) is 5.75 Å². The molecule has 0 spiro atoms. The predicted octanol–water partition coefficient (Wildman–Crippen LogP) is 1.79. The maximum Gasteiger partial charge on any atom is 0.252 e. The molecule has 3 rings (SSSR count). The van der Waals surface area contributed by atoms with Crippen LogP contribution in [0.1, 0.15) is 16.1 Å². The summed E-state index contributed by atoms with van der Waals surface area (Å²) in [4.78, 5) is 19.9. The van der Waals surface area contributed by atoms with Gasteiger partial charge in [-0.3, -0.25) is 14.8 Å². The second-order valence-electron chi connectivity index (χ2n) is 5.41. The van der Waals surface area contributed by atoms with Crippen LogP contribution in [0.2, 0.25) is 0 Å². The first-order valence-electron chi connectivity index (χ1n) is 7.72. The Bertz CT molecular complexity index is 1070. The predicted molar refractivity (Wildman–Crippen MR) is 101 cm³/mol. The van der Waals surface area contributed by atoms with E-state index in [1.54, 1.807) is 6.20 Å². The largest absolute Gasteiger partial charge is 0.496 e. The second kappa shape index (κ2) is 7.82. The molecule has 0 unspecified atom stereocenters. The summed E-state index contributed by atoms with van der Waals surface area (Å²) in [7, 11) is -2.53. The molecule has 2 aromatic heterocycles. The normalized spacial score (nSPS) is 11.3. The lowest BCUT2D eigenvalue weighted by molar-refractivity contribution is 0.0997. The molecule has 3 N–H and O–H groups in total. The minimum atomic E-state index is -3.90. The summed E-state index contributed by atoms with van der Waals surface area (Å²) in [6.07, 6.45) is 3.05. The number of nitrogens with two attached hydrogens (primary N) is 1. The number of primary amides is 1. The maximum atomic E-state index is 12.6. The molecule has 140 valence electrons. The van der Waals surface area contributed by atoms with Crippen LogP contribution in [-0.2, 0) is 16.6 Å². The number of carbonyl (C=O) groups is 1. The Kier molecular flexibility index (Phi) is 5.49. The van der Waals surface area contributed by atoms with Gasteiger partial charge >= 0.3 is 0 Å². The highest BCUT2D eigenvalue weighted by Crippen LogP contribution is 2.24. The number of rotatable bonds is 7. The van der Waals surface area contributed by atoms with E-state index in [1.165, 1.54) is 42.8 Å². The lowest BCUT2D eigenvalue weighted by Gasteiger charge is -2.11. The van der Waals surface area contributed by atoms with Gasteiger partial charge in [0.25, 0.3) is 5.91 Å². The number of nitrogens with one attached hydrogen (secondary N) is 1. The van der Waals surface area contributed by atoms with E-state index in [4.69, 9.17) is 10.5 Å². The molecular formula is C17H16N4O4S2. The summed E-state index contributed by atoms with van der Waals surface area (Å²) >= 11 is 1.51. The molecule has 0 aliphatic heterocycles. The Morgan fingerprint density at radius 1 is 1.26 bits per heavy atom. The van der Waals surface area contributed by atoms with E-state index in [2.05, 4.69) is 14.7 Å².